The molecular weight excluding hydrogens is 188 g/mol. The number of methoxy groups -OCH3 is 1. The third-order valence-corrected chi connectivity index (χ3v) is 2.44. The molecule has 0 fully saturated rings. The molecule has 6 heteroatoms. The molecule has 0 aliphatic heterocycles. The Balaban J connectivity index is 2.37. The van der Waals surface area contributed by atoms with E-state index in [9.17, 15) is 0 Å². The van der Waals surface area contributed by atoms with E-state index >= 15 is 0 Å². The lowest BCUT2D eigenvalue weighted by molar-refractivity contribution is 0.258. The molecule has 0 saturated heterocycles. The van der Waals surface area contributed by atoms with Gasteiger partial charge in [0, 0.05) is 7.11 Å². The minimum atomic E-state index is 0.575. The van der Waals surface area contributed by atoms with Crippen molar-refractivity contribution in [3.05, 3.63) is 12.7 Å². The molecule has 0 aliphatic carbocycles. The van der Waals surface area contributed by atoms with Gasteiger partial charge in [-0.15, -0.1) is 0 Å². The molecule has 0 spiro atoms. The van der Waals surface area contributed by atoms with E-state index in [1.807, 2.05) is 0 Å². The molecular formula is C7H8N4OS. The molecule has 13 heavy (non-hydrogen) atoms. The van der Waals surface area contributed by atoms with Crippen LogP contribution in [-0.2, 0) is 4.74 Å². The Morgan fingerprint density at radius 1 is 1.46 bits per heavy atom. The number of rotatable bonds is 3. The van der Waals surface area contributed by atoms with Gasteiger partial charge in [-0.1, -0.05) is 11.8 Å². The molecule has 2 aromatic heterocycles. The summed E-state index contributed by atoms with van der Waals surface area (Å²) in [6, 6.07) is 0. The van der Waals surface area contributed by atoms with Gasteiger partial charge in [-0.2, -0.15) is 0 Å². The summed E-state index contributed by atoms with van der Waals surface area (Å²) in [6.07, 6.45) is 3.11. The summed E-state index contributed by atoms with van der Waals surface area (Å²) >= 11 is 1.51. The molecule has 5 nitrogen and oxygen atoms in total. The van der Waals surface area contributed by atoms with Crippen molar-refractivity contribution in [3.8, 4) is 0 Å². The molecule has 2 aromatic rings. The van der Waals surface area contributed by atoms with E-state index in [-0.39, 0.29) is 0 Å². The lowest BCUT2D eigenvalue weighted by Gasteiger charge is -1.98. The van der Waals surface area contributed by atoms with Crippen LogP contribution in [0, 0.1) is 0 Å². The summed E-state index contributed by atoms with van der Waals surface area (Å²) < 4.78 is 4.94. The van der Waals surface area contributed by atoms with Crippen molar-refractivity contribution >= 4 is 22.9 Å². The summed E-state index contributed by atoms with van der Waals surface area (Å²) in [5.74, 6) is 0.575. The molecule has 2 rings (SSSR count). The van der Waals surface area contributed by atoms with Crippen molar-refractivity contribution in [1.29, 1.82) is 0 Å². The fourth-order valence-electron chi connectivity index (χ4n) is 0.967. The predicted molar refractivity (Wildman–Crippen MR) is 49.4 cm³/mol. The second-order valence-electron chi connectivity index (χ2n) is 2.33. The van der Waals surface area contributed by atoms with Gasteiger partial charge in [0.1, 0.15) is 16.9 Å². The van der Waals surface area contributed by atoms with Gasteiger partial charge >= 0.3 is 0 Å². The van der Waals surface area contributed by atoms with Gasteiger partial charge in [-0.05, 0) is 0 Å². The quantitative estimate of drug-likeness (QED) is 0.451. The molecule has 0 amide bonds. The molecule has 68 valence electrons. The van der Waals surface area contributed by atoms with E-state index in [0.717, 1.165) is 10.5 Å². The molecule has 1 N–H and O–H groups in total. The van der Waals surface area contributed by atoms with Crippen molar-refractivity contribution < 1.29 is 4.74 Å². The number of aromatic amines is 1. The maximum absolute atomic E-state index is 4.94. The lowest BCUT2D eigenvalue weighted by atomic mass is 10.6. The zero-order valence-electron chi connectivity index (χ0n) is 7.02. The smallest absolute Gasteiger partial charge is 0.181 e. The highest BCUT2D eigenvalue weighted by Crippen LogP contribution is 2.20. The molecule has 0 bridgehead atoms. The van der Waals surface area contributed by atoms with E-state index in [4.69, 9.17) is 4.74 Å². The van der Waals surface area contributed by atoms with Crippen LogP contribution in [0.3, 0.4) is 0 Å². The van der Waals surface area contributed by atoms with Crippen LogP contribution >= 0.6 is 11.8 Å². The summed E-state index contributed by atoms with van der Waals surface area (Å²) in [5.41, 5.74) is 1.55. The number of hydrogen-bond donors (Lipinski definition) is 1. The average molecular weight is 196 g/mol. The van der Waals surface area contributed by atoms with Gasteiger partial charge < -0.3 is 9.72 Å². The number of fused-ring (bicyclic) bond motifs is 1. The van der Waals surface area contributed by atoms with Gasteiger partial charge in [0.2, 0.25) is 0 Å². The van der Waals surface area contributed by atoms with Crippen LogP contribution in [-0.4, -0.2) is 33.0 Å². The van der Waals surface area contributed by atoms with Crippen LogP contribution in [0.25, 0.3) is 11.2 Å². The fraction of sp³-hybridized carbons (Fsp3) is 0.286. The Morgan fingerprint density at radius 3 is 3.23 bits per heavy atom. The average Bonchev–Trinajstić information content (AvgIpc) is 2.62. The van der Waals surface area contributed by atoms with Gasteiger partial charge in [0.15, 0.2) is 5.65 Å². The maximum atomic E-state index is 4.94. The van der Waals surface area contributed by atoms with Crippen LogP contribution in [0.2, 0.25) is 0 Å². The van der Waals surface area contributed by atoms with Crippen molar-refractivity contribution in [2.24, 2.45) is 0 Å². The minimum Gasteiger partial charge on any atom is -0.374 e. The number of aromatic nitrogens is 4. The number of nitrogens with zero attached hydrogens (tertiary/aromatic N) is 3. The van der Waals surface area contributed by atoms with Gasteiger partial charge in [-0.25, -0.2) is 15.0 Å². The van der Waals surface area contributed by atoms with Gasteiger partial charge in [0.05, 0.1) is 12.3 Å². The van der Waals surface area contributed by atoms with Crippen molar-refractivity contribution in [2.75, 3.05) is 13.0 Å². The van der Waals surface area contributed by atoms with Crippen LogP contribution in [0.4, 0.5) is 0 Å². The van der Waals surface area contributed by atoms with Crippen LogP contribution in [0.5, 0.6) is 0 Å². The monoisotopic (exact) mass is 196 g/mol. The van der Waals surface area contributed by atoms with Gasteiger partial charge in [0.25, 0.3) is 0 Å². The second kappa shape index (κ2) is 3.71. The first-order valence-electron chi connectivity index (χ1n) is 3.67. The Morgan fingerprint density at radius 2 is 2.38 bits per heavy atom. The molecule has 0 atom stereocenters. The van der Waals surface area contributed by atoms with Gasteiger partial charge in [-0.3, -0.25) is 0 Å². The number of ether oxygens (including phenoxy) is 1. The normalized spacial score (nSPS) is 10.8. The lowest BCUT2D eigenvalue weighted by Crippen LogP contribution is -1.88. The highest BCUT2D eigenvalue weighted by atomic mass is 32.2. The summed E-state index contributed by atoms with van der Waals surface area (Å²) in [6.45, 7) is 0. The Labute approximate surface area is 78.9 Å². The second-order valence-corrected chi connectivity index (χ2v) is 3.24. The highest BCUT2D eigenvalue weighted by Gasteiger charge is 2.04. The zero-order chi connectivity index (χ0) is 9.10. The van der Waals surface area contributed by atoms with E-state index in [2.05, 4.69) is 19.9 Å². The Bertz CT molecular complexity index is 402. The SMILES string of the molecule is COCSc1ncnc2nc[nH]c12. The van der Waals surface area contributed by atoms with Crippen LogP contribution < -0.4 is 0 Å². The summed E-state index contributed by atoms with van der Waals surface area (Å²) in [7, 11) is 1.65. The maximum Gasteiger partial charge on any atom is 0.181 e. The first-order chi connectivity index (χ1) is 6.42. The molecule has 0 unspecified atom stereocenters. The number of hydrogen-bond acceptors (Lipinski definition) is 5. The van der Waals surface area contributed by atoms with E-state index in [0.29, 0.717) is 11.6 Å². The number of imidazole rings is 1. The summed E-state index contributed by atoms with van der Waals surface area (Å²) in [4.78, 5) is 15.1. The highest BCUT2D eigenvalue weighted by molar-refractivity contribution is 7.99. The molecule has 0 radical (unpaired) electrons. The Kier molecular flexibility index (Phi) is 2.42. The third-order valence-electron chi connectivity index (χ3n) is 1.50. The van der Waals surface area contributed by atoms with Crippen LogP contribution in [0.15, 0.2) is 17.7 Å². The first kappa shape index (κ1) is 8.46. The first-order valence-corrected chi connectivity index (χ1v) is 4.66. The third kappa shape index (κ3) is 1.63. The number of H-pyrrole nitrogens is 1. The van der Waals surface area contributed by atoms with Crippen molar-refractivity contribution in [1.82, 2.24) is 19.9 Å². The standard InChI is InChI=1S/C7H8N4OS/c1-12-4-13-7-5-6(9-2-8-5)10-3-11-7/h2-3H,4H2,1H3,(H,8,9,10,11). The molecule has 0 aliphatic rings. The van der Waals surface area contributed by atoms with E-state index in [1.165, 1.54) is 18.1 Å². The van der Waals surface area contributed by atoms with Crippen LogP contribution in [0.1, 0.15) is 0 Å². The van der Waals surface area contributed by atoms with E-state index < -0.39 is 0 Å². The van der Waals surface area contributed by atoms with Crippen molar-refractivity contribution in [3.63, 3.8) is 0 Å². The topological polar surface area (TPSA) is 63.7 Å². The Hall–Kier alpha value is -1.14. The largest absolute Gasteiger partial charge is 0.374 e. The fourth-order valence-corrected chi connectivity index (χ4v) is 1.61. The molecule has 0 saturated carbocycles. The molecule has 2 heterocycles. The van der Waals surface area contributed by atoms with E-state index in [1.54, 1.807) is 13.4 Å². The molecule has 0 aromatic carbocycles. The zero-order valence-corrected chi connectivity index (χ0v) is 7.84. The predicted octanol–water partition coefficient (Wildman–Crippen LogP) is 1.05. The number of thioether (sulfide) groups is 1. The van der Waals surface area contributed by atoms with Crippen molar-refractivity contribution in [2.45, 2.75) is 5.03 Å². The number of nitrogens with one attached hydrogen (secondary N) is 1. The minimum absolute atomic E-state index is 0.575. The summed E-state index contributed by atoms with van der Waals surface area (Å²) in [5, 5.41) is 0.865.